The number of benzene rings is 2. The van der Waals surface area contributed by atoms with E-state index in [-0.39, 0.29) is 11.6 Å². The summed E-state index contributed by atoms with van der Waals surface area (Å²) in [7, 11) is 1.72. The third kappa shape index (κ3) is 5.80. The molecule has 0 bridgehead atoms. The molecule has 1 atom stereocenters. The maximum atomic E-state index is 13.8. The van der Waals surface area contributed by atoms with Crippen molar-refractivity contribution in [1.29, 1.82) is 0 Å². The number of hydrogen-bond donors (Lipinski definition) is 2. The van der Waals surface area contributed by atoms with E-state index >= 15 is 0 Å². The van der Waals surface area contributed by atoms with Gasteiger partial charge in [-0.05, 0) is 30.4 Å². The Hall–Kier alpha value is -4.34. The highest BCUT2D eigenvalue weighted by Gasteiger charge is 2.31. The predicted molar refractivity (Wildman–Crippen MR) is 157 cm³/mol. The van der Waals surface area contributed by atoms with Crippen molar-refractivity contribution >= 4 is 29.2 Å². The summed E-state index contributed by atoms with van der Waals surface area (Å²) in [5.74, 6) is 1.10. The molecule has 5 rings (SSSR count). The van der Waals surface area contributed by atoms with Crippen LogP contribution in [0.2, 0.25) is 0 Å². The summed E-state index contributed by atoms with van der Waals surface area (Å²) in [5, 5.41) is 13.2. The molecule has 4 aromatic rings. The van der Waals surface area contributed by atoms with E-state index in [1.807, 2.05) is 65.2 Å². The fourth-order valence-corrected chi connectivity index (χ4v) is 5.39. The summed E-state index contributed by atoms with van der Waals surface area (Å²) in [6, 6.07) is 19.8. The van der Waals surface area contributed by atoms with Crippen LogP contribution in [0.4, 0.5) is 16.7 Å². The Labute approximate surface area is 233 Å². The van der Waals surface area contributed by atoms with Crippen LogP contribution in [0, 0.1) is 0 Å². The lowest BCUT2D eigenvalue weighted by molar-refractivity contribution is 0.117. The molecule has 1 amide bonds. The van der Waals surface area contributed by atoms with E-state index < -0.39 is 6.09 Å². The van der Waals surface area contributed by atoms with Crippen molar-refractivity contribution in [3.8, 4) is 0 Å². The summed E-state index contributed by atoms with van der Waals surface area (Å²) in [6.07, 6.45) is 2.52. The Bertz CT molecular complexity index is 1500. The summed E-state index contributed by atoms with van der Waals surface area (Å²) < 4.78 is 3.48. The third-order valence-electron chi connectivity index (χ3n) is 7.56. The minimum absolute atomic E-state index is 0.137. The van der Waals surface area contributed by atoms with Gasteiger partial charge in [0, 0.05) is 33.2 Å². The van der Waals surface area contributed by atoms with Gasteiger partial charge in [-0.1, -0.05) is 74.0 Å². The van der Waals surface area contributed by atoms with Gasteiger partial charge in [-0.15, -0.1) is 0 Å². The van der Waals surface area contributed by atoms with Gasteiger partial charge in [0.2, 0.25) is 11.9 Å². The monoisotopic (exact) mass is 543 g/mol. The molecule has 3 heterocycles. The molecule has 1 aliphatic rings. The summed E-state index contributed by atoms with van der Waals surface area (Å²) in [6.45, 7) is 4.82. The molecule has 1 unspecified atom stereocenters. The molecular formula is C30H37N7O3. The normalized spacial score (nSPS) is 15.3. The Morgan fingerprint density at radius 2 is 1.77 bits per heavy atom. The van der Waals surface area contributed by atoms with Crippen molar-refractivity contribution in [3.05, 3.63) is 82.1 Å². The lowest BCUT2D eigenvalue weighted by Gasteiger charge is -2.38. The van der Waals surface area contributed by atoms with Crippen LogP contribution in [0.1, 0.15) is 43.7 Å². The van der Waals surface area contributed by atoms with E-state index in [9.17, 15) is 14.7 Å². The maximum Gasteiger partial charge on any atom is 0.407 e. The minimum atomic E-state index is -0.886. The van der Waals surface area contributed by atoms with Crippen LogP contribution in [-0.2, 0) is 20.1 Å². The minimum Gasteiger partial charge on any atom is -0.465 e. The van der Waals surface area contributed by atoms with Crippen LogP contribution in [0.25, 0.3) is 11.2 Å². The van der Waals surface area contributed by atoms with E-state index in [2.05, 4.69) is 17.1 Å². The summed E-state index contributed by atoms with van der Waals surface area (Å²) in [4.78, 5) is 39.3. The largest absolute Gasteiger partial charge is 0.465 e. The molecule has 0 spiro atoms. The molecule has 2 aromatic carbocycles. The number of carbonyl (C=O) groups is 1. The molecule has 0 radical (unpaired) electrons. The van der Waals surface area contributed by atoms with Gasteiger partial charge in [0.15, 0.2) is 11.2 Å². The second kappa shape index (κ2) is 12.2. The van der Waals surface area contributed by atoms with Crippen LogP contribution >= 0.6 is 0 Å². The third-order valence-corrected chi connectivity index (χ3v) is 7.56. The molecule has 40 heavy (non-hydrogen) atoms. The van der Waals surface area contributed by atoms with E-state index in [1.54, 1.807) is 11.9 Å². The zero-order valence-corrected chi connectivity index (χ0v) is 23.2. The molecule has 2 aromatic heterocycles. The molecule has 1 fully saturated rings. The molecule has 1 aliphatic heterocycles. The van der Waals surface area contributed by atoms with Crippen molar-refractivity contribution in [2.45, 2.75) is 51.7 Å². The molecule has 0 aliphatic carbocycles. The zero-order chi connectivity index (χ0) is 28.1. The van der Waals surface area contributed by atoms with Gasteiger partial charge >= 0.3 is 6.09 Å². The lowest BCUT2D eigenvalue weighted by Crippen LogP contribution is -2.50. The summed E-state index contributed by atoms with van der Waals surface area (Å²) in [5.41, 5.74) is 2.76. The summed E-state index contributed by atoms with van der Waals surface area (Å²) >= 11 is 0. The van der Waals surface area contributed by atoms with Crippen LogP contribution in [0.15, 0.2) is 65.5 Å². The van der Waals surface area contributed by atoms with Crippen LogP contribution < -0.4 is 15.8 Å². The Kier molecular flexibility index (Phi) is 8.33. The smallest absolute Gasteiger partial charge is 0.407 e. The number of piperidine rings is 1. The van der Waals surface area contributed by atoms with E-state index in [0.29, 0.717) is 49.2 Å². The van der Waals surface area contributed by atoms with Gasteiger partial charge in [0.25, 0.3) is 5.56 Å². The number of aromatic nitrogens is 4. The SMILES string of the molecule is CCCCN(C(=O)O)C1CCCN(c2nc3nc(NCc4ccccc4)n(C)c(=O)c3n2Cc2ccccc2)C1. The number of nitrogens with zero attached hydrogens (tertiary/aromatic N) is 6. The Morgan fingerprint density at radius 3 is 2.45 bits per heavy atom. The van der Waals surface area contributed by atoms with Crippen molar-refractivity contribution in [3.63, 3.8) is 0 Å². The van der Waals surface area contributed by atoms with Gasteiger partial charge in [-0.25, -0.2) is 4.79 Å². The first-order valence-corrected chi connectivity index (χ1v) is 14.0. The van der Waals surface area contributed by atoms with Gasteiger partial charge in [0.05, 0.1) is 12.6 Å². The average Bonchev–Trinajstić information content (AvgIpc) is 3.33. The van der Waals surface area contributed by atoms with Gasteiger partial charge in [-0.3, -0.25) is 13.9 Å². The fourth-order valence-electron chi connectivity index (χ4n) is 5.39. The predicted octanol–water partition coefficient (Wildman–Crippen LogP) is 4.54. The van der Waals surface area contributed by atoms with Crippen molar-refractivity contribution < 1.29 is 9.90 Å². The van der Waals surface area contributed by atoms with E-state index in [4.69, 9.17) is 9.97 Å². The number of anilines is 2. The number of imidazole rings is 1. The number of unbranched alkanes of at least 4 members (excludes halogenated alkanes) is 1. The number of nitrogens with one attached hydrogen (secondary N) is 1. The highest BCUT2D eigenvalue weighted by atomic mass is 16.4. The number of hydrogen-bond acceptors (Lipinski definition) is 6. The van der Waals surface area contributed by atoms with Gasteiger partial charge in [-0.2, -0.15) is 9.97 Å². The average molecular weight is 544 g/mol. The van der Waals surface area contributed by atoms with E-state index in [0.717, 1.165) is 43.4 Å². The van der Waals surface area contributed by atoms with Crippen LogP contribution in [0.5, 0.6) is 0 Å². The molecular weight excluding hydrogens is 506 g/mol. The van der Waals surface area contributed by atoms with Crippen molar-refractivity contribution in [2.24, 2.45) is 7.05 Å². The van der Waals surface area contributed by atoms with Crippen LogP contribution in [0.3, 0.4) is 0 Å². The first-order valence-electron chi connectivity index (χ1n) is 14.0. The van der Waals surface area contributed by atoms with Gasteiger partial charge < -0.3 is 20.2 Å². The molecule has 2 N–H and O–H groups in total. The van der Waals surface area contributed by atoms with Gasteiger partial charge in [0.1, 0.15) is 0 Å². The molecule has 10 heteroatoms. The number of carboxylic acid groups (broad SMARTS) is 1. The number of rotatable bonds is 10. The zero-order valence-electron chi connectivity index (χ0n) is 23.2. The lowest BCUT2D eigenvalue weighted by atomic mass is 10.0. The highest BCUT2D eigenvalue weighted by molar-refractivity contribution is 5.76. The number of fused-ring (bicyclic) bond motifs is 1. The second-order valence-electron chi connectivity index (χ2n) is 10.4. The molecule has 0 saturated carbocycles. The quantitative estimate of drug-likeness (QED) is 0.302. The topological polar surface area (TPSA) is 109 Å². The first-order chi connectivity index (χ1) is 19.5. The molecule has 1 saturated heterocycles. The molecule has 10 nitrogen and oxygen atoms in total. The fraction of sp³-hybridized carbons (Fsp3) is 0.400. The van der Waals surface area contributed by atoms with E-state index in [1.165, 1.54) is 4.57 Å². The number of amides is 1. The van der Waals surface area contributed by atoms with Crippen molar-refractivity contribution in [2.75, 3.05) is 29.9 Å². The van der Waals surface area contributed by atoms with Crippen LogP contribution in [-0.4, -0.2) is 60.9 Å². The van der Waals surface area contributed by atoms with Crippen molar-refractivity contribution in [1.82, 2.24) is 24.0 Å². The standard InChI is InChI=1S/C30H37N7O3/c1-3-4-18-36(30(39)40)24-16-11-17-35(21-24)29-33-26-25(37(29)20-23-14-9-6-10-15-23)27(38)34(2)28(32-26)31-19-22-12-7-5-8-13-22/h5-10,12-15,24H,3-4,11,16-21H2,1-2H3,(H,31,32)(H,39,40). The molecule has 210 valence electrons. The Balaban J connectivity index is 1.53. The first kappa shape index (κ1) is 27.2. The Morgan fingerprint density at radius 1 is 1.07 bits per heavy atom. The maximum absolute atomic E-state index is 13.8. The highest BCUT2D eigenvalue weighted by Crippen LogP contribution is 2.27. The second-order valence-corrected chi connectivity index (χ2v) is 10.4.